The highest BCUT2D eigenvalue weighted by atomic mass is 79.9. The van der Waals surface area contributed by atoms with Crippen molar-refractivity contribution in [3.05, 3.63) is 81.0 Å². The van der Waals surface area contributed by atoms with Crippen LogP contribution >= 0.6 is 39.1 Å². The molecular formula is C19H11BrCl2N2O. The molecule has 3 nitrogen and oxygen atoms in total. The fourth-order valence-electron chi connectivity index (χ4n) is 2.29. The first kappa shape index (κ1) is 17.8. The van der Waals surface area contributed by atoms with E-state index < -0.39 is 0 Å². The highest BCUT2D eigenvalue weighted by molar-refractivity contribution is 9.10. The Bertz CT molecular complexity index is 1070. The van der Waals surface area contributed by atoms with Crippen LogP contribution in [-0.2, 0) is 0 Å². The molecule has 2 heterocycles. The Morgan fingerprint density at radius 1 is 0.800 bits per heavy atom. The van der Waals surface area contributed by atoms with Crippen molar-refractivity contribution in [1.82, 2.24) is 9.97 Å². The van der Waals surface area contributed by atoms with Gasteiger partial charge < -0.3 is 0 Å². The summed E-state index contributed by atoms with van der Waals surface area (Å²) in [7, 11) is 0. The number of nitrogens with zero attached hydrogens (tertiary/aromatic N) is 2. The van der Waals surface area contributed by atoms with E-state index in [0.717, 1.165) is 37.6 Å². The molecule has 0 atom stereocenters. The van der Waals surface area contributed by atoms with Crippen molar-refractivity contribution in [2.75, 3.05) is 0 Å². The summed E-state index contributed by atoms with van der Waals surface area (Å²) in [4.78, 5) is 18.8. The van der Waals surface area contributed by atoms with Crippen LogP contribution in [0, 0.1) is 0 Å². The average Bonchev–Trinajstić information content (AvgIpc) is 2.63. The van der Waals surface area contributed by atoms with Crippen LogP contribution in [0.2, 0.25) is 10.0 Å². The zero-order valence-corrected chi connectivity index (χ0v) is 15.9. The number of rotatable bonds is 1. The second-order valence-electron chi connectivity index (χ2n) is 5.14. The van der Waals surface area contributed by atoms with Crippen molar-refractivity contribution in [2.24, 2.45) is 0 Å². The lowest BCUT2D eigenvalue weighted by Gasteiger charge is -1.99. The Balaban J connectivity index is 0.000000146. The summed E-state index contributed by atoms with van der Waals surface area (Å²) in [6, 6.07) is 14.6. The molecule has 0 aliphatic rings. The smallest absolute Gasteiger partial charge is 0.150 e. The van der Waals surface area contributed by atoms with Gasteiger partial charge in [0.2, 0.25) is 0 Å². The third kappa shape index (κ3) is 4.15. The Hall–Kier alpha value is -2.01. The fourth-order valence-corrected chi connectivity index (χ4v) is 3.07. The van der Waals surface area contributed by atoms with Crippen molar-refractivity contribution < 1.29 is 4.79 Å². The molecule has 25 heavy (non-hydrogen) atoms. The van der Waals surface area contributed by atoms with E-state index in [-0.39, 0.29) is 0 Å². The normalized spacial score (nSPS) is 10.4. The Labute approximate surface area is 162 Å². The molecule has 0 saturated carbocycles. The number of benzene rings is 2. The average molecular weight is 434 g/mol. The molecule has 6 heteroatoms. The second-order valence-corrected chi connectivity index (χ2v) is 6.87. The van der Waals surface area contributed by atoms with Gasteiger partial charge in [-0.05, 0) is 48.5 Å². The van der Waals surface area contributed by atoms with E-state index in [1.54, 1.807) is 42.7 Å². The minimum Gasteiger partial charge on any atom is -0.298 e. The molecule has 0 aliphatic carbocycles. The number of carbonyl (C=O) groups excluding carboxylic acids is 1. The Morgan fingerprint density at radius 3 is 1.96 bits per heavy atom. The first-order chi connectivity index (χ1) is 12.1. The zero-order valence-electron chi connectivity index (χ0n) is 12.8. The minimum absolute atomic E-state index is 0.613. The highest BCUT2D eigenvalue weighted by Gasteiger charge is 2.00. The van der Waals surface area contributed by atoms with Gasteiger partial charge in [-0.15, -0.1) is 0 Å². The molecule has 0 fully saturated rings. The van der Waals surface area contributed by atoms with Crippen molar-refractivity contribution in [2.45, 2.75) is 0 Å². The lowest BCUT2D eigenvalue weighted by molar-refractivity contribution is 0.112. The number of aromatic nitrogens is 2. The molecule has 0 unspecified atom stereocenters. The molecule has 4 rings (SSSR count). The quantitative estimate of drug-likeness (QED) is 0.328. The number of carbonyl (C=O) groups is 1. The summed E-state index contributed by atoms with van der Waals surface area (Å²) in [5.41, 5.74) is 2.34. The number of halogens is 3. The summed E-state index contributed by atoms with van der Waals surface area (Å²) in [6.07, 6.45) is 4.15. The van der Waals surface area contributed by atoms with Gasteiger partial charge in [0.15, 0.2) is 0 Å². The molecule has 4 aromatic rings. The van der Waals surface area contributed by atoms with Crippen LogP contribution in [0.4, 0.5) is 0 Å². The predicted octanol–water partition coefficient (Wildman–Crippen LogP) is 6.35. The molecule has 0 aliphatic heterocycles. The fraction of sp³-hybridized carbons (Fsp3) is 0. The van der Waals surface area contributed by atoms with Crippen LogP contribution in [0.5, 0.6) is 0 Å². The standard InChI is InChI=1S/C10H6ClNO.C9H5BrClN/c11-9-3-4-12-10-2-1-7(6-13)5-8(9)10;10-6-1-2-9-7(5-6)8(11)3-4-12-9/h1-6H;1-5H. The number of hydrogen-bond donors (Lipinski definition) is 0. The lowest BCUT2D eigenvalue weighted by atomic mass is 10.1. The van der Waals surface area contributed by atoms with Crippen LogP contribution in [0.3, 0.4) is 0 Å². The number of fused-ring (bicyclic) bond motifs is 2. The molecule has 0 saturated heterocycles. The maximum absolute atomic E-state index is 10.5. The van der Waals surface area contributed by atoms with Gasteiger partial charge in [0.05, 0.1) is 21.1 Å². The predicted molar refractivity (Wildman–Crippen MR) is 107 cm³/mol. The summed E-state index contributed by atoms with van der Waals surface area (Å²) in [6.45, 7) is 0. The minimum atomic E-state index is 0.613. The molecule has 0 N–H and O–H groups in total. The van der Waals surface area contributed by atoms with Gasteiger partial charge in [-0.1, -0.05) is 39.1 Å². The SMILES string of the molecule is Clc1ccnc2ccc(Br)cc12.O=Cc1ccc2nccc(Cl)c2c1. The van der Waals surface area contributed by atoms with E-state index in [0.29, 0.717) is 10.6 Å². The van der Waals surface area contributed by atoms with Crippen molar-refractivity contribution >= 4 is 67.2 Å². The third-order valence-corrected chi connectivity index (χ3v) is 4.65. The maximum Gasteiger partial charge on any atom is 0.150 e. The van der Waals surface area contributed by atoms with Crippen molar-refractivity contribution in [1.29, 1.82) is 0 Å². The number of aldehydes is 1. The van der Waals surface area contributed by atoms with Crippen molar-refractivity contribution in [3.8, 4) is 0 Å². The van der Waals surface area contributed by atoms with Gasteiger partial charge >= 0.3 is 0 Å². The van der Waals surface area contributed by atoms with Gasteiger partial charge in [0.1, 0.15) is 6.29 Å². The number of pyridine rings is 2. The Kier molecular flexibility index (Phi) is 5.63. The van der Waals surface area contributed by atoms with Crippen LogP contribution < -0.4 is 0 Å². The summed E-state index contributed by atoms with van der Waals surface area (Å²) in [5.74, 6) is 0. The van der Waals surface area contributed by atoms with E-state index in [9.17, 15) is 4.79 Å². The van der Waals surface area contributed by atoms with E-state index in [1.165, 1.54) is 0 Å². The van der Waals surface area contributed by atoms with Gasteiger partial charge in [-0.2, -0.15) is 0 Å². The summed E-state index contributed by atoms with van der Waals surface area (Å²) < 4.78 is 1.02. The van der Waals surface area contributed by atoms with Crippen LogP contribution in [0.1, 0.15) is 10.4 Å². The maximum atomic E-state index is 10.5. The third-order valence-electron chi connectivity index (χ3n) is 3.50. The lowest BCUT2D eigenvalue weighted by Crippen LogP contribution is -1.83. The zero-order chi connectivity index (χ0) is 17.8. The first-order valence-corrected chi connectivity index (χ1v) is 8.82. The van der Waals surface area contributed by atoms with Gasteiger partial charge in [-0.3, -0.25) is 14.8 Å². The Morgan fingerprint density at radius 2 is 1.36 bits per heavy atom. The van der Waals surface area contributed by atoms with Crippen LogP contribution in [0.15, 0.2) is 65.4 Å². The van der Waals surface area contributed by atoms with Crippen molar-refractivity contribution in [3.63, 3.8) is 0 Å². The molecule has 2 aromatic heterocycles. The van der Waals surface area contributed by atoms with E-state index in [2.05, 4.69) is 25.9 Å². The van der Waals surface area contributed by atoms with Gasteiger partial charge in [0, 0.05) is 33.2 Å². The monoisotopic (exact) mass is 432 g/mol. The summed E-state index contributed by atoms with van der Waals surface area (Å²) >= 11 is 15.3. The van der Waals surface area contributed by atoms with Gasteiger partial charge in [0.25, 0.3) is 0 Å². The van der Waals surface area contributed by atoms with E-state index in [4.69, 9.17) is 23.2 Å². The van der Waals surface area contributed by atoms with Crippen LogP contribution in [-0.4, -0.2) is 16.3 Å². The second kappa shape index (κ2) is 7.91. The topological polar surface area (TPSA) is 42.9 Å². The summed E-state index contributed by atoms with van der Waals surface area (Å²) in [5, 5.41) is 3.15. The molecule has 0 radical (unpaired) electrons. The van der Waals surface area contributed by atoms with Gasteiger partial charge in [-0.25, -0.2) is 0 Å². The molecule has 124 valence electrons. The largest absolute Gasteiger partial charge is 0.298 e. The van der Waals surface area contributed by atoms with E-state index in [1.807, 2.05) is 18.2 Å². The van der Waals surface area contributed by atoms with Crippen LogP contribution in [0.25, 0.3) is 21.8 Å². The molecular weight excluding hydrogens is 423 g/mol. The molecule has 2 aromatic carbocycles. The first-order valence-electron chi connectivity index (χ1n) is 7.28. The highest BCUT2D eigenvalue weighted by Crippen LogP contribution is 2.24. The number of hydrogen-bond acceptors (Lipinski definition) is 3. The molecule has 0 bridgehead atoms. The van der Waals surface area contributed by atoms with E-state index >= 15 is 0 Å². The molecule has 0 spiro atoms. The molecule has 0 amide bonds.